The standard InChI is InChI=1S/C64H60N8O8/c1-29(2)35-21-15-22-36(30(3)4)55(35)67-57(73)39-25-43-49-51-45(71-63(79)65(61(77)69(43)71)33-17-11-9-12-18-33)27-41-48-42(60(76)68(59(41)75)56-37(31(5)6)23-16-24-38(56)32(7)8)28-46-52(54(48)51)50-44(26-40(58(67)74)47(39)53(49)50)70-62(78)66(64(80)72(46)70)34-19-13-10-14-20-34/h15-16,21-34H,9-14,17-20H2,1-8H3. The summed E-state index contributed by atoms with van der Waals surface area (Å²) < 4.78 is 10.5. The maximum absolute atomic E-state index is 16.0. The molecule has 2 saturated carbocycles. The number of hydrogen-bond acceptors (Lipinski definition) is 8. The van der Waals surface area contributed by atoms with Gasteiger partial charge in [0, 0.05) is 55.2 Å². The Morgan fingerprint density at radius 3 is 0.825 bits per heavy atom. The van der Waals surface area contributed by atoms with Gasteiger partial charge in [-0.15, -0.1) is 0 Å². The van der Waals surface area contributed by atoms with Crippen LogP contribution in [0.5, 0.6) is 0 Å². The van der Waals surface area contributed by atoms with Crippen molar-refractivity contribution in [1.82, 2.24) is 36.3 Å². The van der Waals surface area contributed by atoms with Gasteiger partial charge in [-0.3, -0.25) is 19.2 Å². The molecule has 16 nitrogen and oxygen atoms in total. The zero-order chi connectivity index (χ0) is 55.5. The molecule has 0 atom stereocenters. The second-order valence-corrected chi connectivity index (χ2v) is 24.6. The fraction of sp³-hybridized carbons (Fsp3) is 0.375. The van der Waals surface area contributed by atoms with Crippen LogP contribution in [0.3, 0.4) is 0 Å². The van der Waals surface area contributed by atoms with E-state index >= 15 is 38.4 Å². The van der Waals surface area contributed by atoms with Crippen LogP contribution in [-0.2, 0) is 0 Å². The van der Waals surface area contributed by atoms with Crippen LogP contribution in [0.4, 0.5) is 0 Å². The molecule has 0 aliphatic heterocycles. The number of hydrogen-bond donors (Lipinski definition) is 0. The topological polar surface area (TPSA) is 174 Å². The van der Waals surface area contributed by atoms with Gasteiger partial charge in [0.15, 0.2) is 0 Å². The van der Waals surface area contributed by atoms with Gasteiger partial charge in [-0.25, -0.2) is 37.4 Å². The molecule has 15 rings (SSSR count). The van der Waals surface area contributed by atoms with E-state index in [1.807, 2.05) is 91.8 Å². The van der Waals surface area contributed by atoms with Crippen LogP contribution in [0.1, 0.15) is 178 Å². The molecule has 0 N–H and O–H groups in total. The van der Waals surface area contributed by atoms with Gasteiger partial charge in [0.2, 0.25) is 0 Å². The number of pyridine rings is 2. The van der Waals surface area contributed by atoms with E-state index in [-0.39, 0.29) is 67.3 Å². The number of rotatable bonds is 8. The van der Waals surface area contributed by atoms with Crippen molar-refractivity contribution in [3.63, 3.8) is 0 Å². The summed E-state index contributed by atoms with van der Waals surface area (Å²) >= 11 is 0. The molecular weight excluding hydrogens is 1010 g/mol. The van der Waals surface area contributed by atoms with E-state index in [9.17, 15) is 0 Å². The summed E-state index contributed by atoms with van der Waals surface area (Å²) in [7, 11) is 0. The van der Waals surface area contributed by atoms with E-state index in [0.717, 1.165) is 60.8 Å². The minimum absolute atomic E-state index is 0.112. The zero-order valence-electron chi connectivity index (χ0n) is 46.2. The third-order valence-corrected chi connectivity index (χ3v) is 18.8. The van der Waals surface area contributed by atoms with Crippen molar-refractivity contribution >= 4 is 86.7 Å². The normalized spacial score (nSPS) is 15.8. The Bertz CT molecular complexity index is 4730. The second-order valence-electron chi connectivity index (χ2n) is 24.6. The molecule has 404 valence electrons. The number of aromatic nitrogens is 8. The lowest BCUT2D eigenvalue weighted by Crippen LogP contribution is -2.34. The van der Waals surface area contributed by atoms with Crippen LogP contribution < -0.4 is 45.0 Å². The Morgan fingerprint density at radius 1 is 0.338 bits per heavy atom. The monoisotopic (exact) mass is 1070 g/mol. The van der Waals surface area contributed by atoms with Crippen LogP contribution >= 0.6 is 0 Å². The summed E-state index contributed by atoms with van der Waals surface area (Å²) in [4.78, 5) is 127. The average molecular weight is 1070 g/mol. The fourth-order valence-corrected chi connectivity index (χ4v) is 15.2. The van der Waals surface area contributed by atoms with Gasteiger partial charge in [-0.2, -0.15) is 18.1 Å². The molecule has 2 aliphatic carbocycles. The van der Waals surface area contributed by atoms with Gasteiger partial charge in [-0.1, -0.05) is 130 Å². The van der Waals surface area contributed by atoms with Gasteiger partial charge >= 0.3 is 22.8 Å². The fourth-order valence-electron chi connectivity index (χ4n) is 15.2. The minimum atomic E-state index is -0.622. The lowest BCUT2D eigenvalue weighted by atomic mass is 9.83. The third kappa shape index (κ3) is 5.90. The lowest BCUT2D eigenvalue weighted by Gasteiger charge is -2.26. The molecular formula is C64H60N8O8. The van der Waals surface area contributed by atoms with Gasteiger partial charge < -0.3 is 0 Å². The molecule has 0 bridgehead atoms. The van der Waals surface area contributed by atoms with Crippen molar-refractivity contribution in [2.75, 3.05) is 0 Å². The van der Waals surface area contributed by atoms with Crippen molar-refractivity contribution in [3.8, 4) is 11.4 Å². The van der Waals surface area contributed by atoms with Crippen molar-refractivity contribution in [3.05, 3.63) is 166 Å². The molecule has 6 heterocycles. The van der Waals surface area contributed by atoms with E-state index < -0.39 is 57.1 Å². The van der Waals surface area contributed by atoms with Crippen molar-refractivity contribution < 1.29 is 0 Å². The van der Waals surface area contributed by atoms with Gasteiger partial charge in [-0.05, 0) is 95.9 Å². The number of para-hydroxylation sites is 2. The van der Waals surface area contributed by atoms with Gasteiger partial charge in [0.05, 0.1) is 55.0 Å². The molecule has 13 aromatic rings. The Kier molecular flexibility index (Phi) is 10.1. The van der Waals surface area contributed by atoms with Crippen LogP contribution in [0, 0.1) is 0 Å². The number of nitrogens with zero attached hydrogens (tertiary/aromatic N) is 8. The zero-order valence-corrected chi connectivity index (χ0v) is 46.2. The molecule has 16 heteroatoms. The molecule has 2 aliphatic rings. The first-order chi connectivity index (χ1) is 38.4. The second kappa shape index (κ2) is 16.6. The molecule has 7 aromatic carbocycles. The Morgan fingerprint density at radius 2 is 0.588 bits per heavy atom. The lowest BCUT2D eigenvalue weighted by molar-refractivity contribution is 0.340. The molecule has 0 unspecified atom stereocenters. The Hall–Kier alpha value is -8.40. The van der Waals surface area contributed by atoms with Crippen LogP contribution in [0.2, 0.25) is 0 Å². The summed E-state index contributed by atoms with van der Waals surface area (Å²) in [6.07, 6.45) is 7.55. The highest BCUT2D eigenvalue weighted by Gasteiger charge is 2.36. The third-order valence-electron chi connectivity index (χ3n) is 18.8. The van der Waals surface area contributed by atoms with Crippen LogP contribution in [-0.4, -0.2) is 36.3 Å². The SMILES string of the molecule is CC(C)c1cccc(C(C)C)c1-n1c(=O)c2cc3c4c5c2c(cc2c5c5c6c7c(cc(c64)n4c(=O)n(C6CCCCC6)c(=O)n34)c(=O)n(-c3c(C(C)C)cccc3C(C)C)c(=O)c7cc5n3c(=O)n(C4CCCCC4)c(=O)n23)c1=O. The highest BCUT2D eigenvalue weighted by Crippen LogP contribution is 2.51. The first-order valence-electron chi connectivity index (χ1n) is 28.8. The van der Waals surface area contributed by atoms with E-state index in [2.05, 4.69) is 0 Å². The van der Waals surface area contributed by atoms with Crippen LogP contribution in [0.25, 0.3) is 98.1 Å². The highest BCUT2D eigenvalue weighted by atomic mass is 16.2. The van der Waals surface area contributed by atoms with Crippen molar-refractivity contribution in [2.45, 2.75) is 155 Å². The Labute approximate surface area is 454 Å². The molecule has 0 spiro atoms. The largest absolute Gasteiger partial charge is 0.352 e. The maximum Gasteiger partial charge on any atom is 0.352 e. The maximum atomic E-state index is 16.0. The van der Waals surface area contributed by atoms with E-state index in [1.54, 1.807) is 24.3 Å². The van der Waals surface area contributed by atoms with Gasteiger partial charge in [0.25, 0.3) is 22.2 Å². The predicted molar refractivity (Wildman–Crippen MR) is 317 cm³/mol. The smallest absolute Gasteiger partial charge is 0.268 e. The van der Waals surface area contributed by atoms with Gasteiger partial charge in [0.1, 0.15) is 0 Å². The van der Waals surface area contributed by atoms with Crippen LogP contribution in [0.15, 0.2) is 99.0 Å². The summed E-state index contributed by atoms with van der Waals surface area (Å²) in [6, 6.07) is 17.2. The molecule has 80 heavy (non-hydrogen) atoms. The van der Waals surface area contributed by atoms with E-state index in [1.165, 1.54) is 36.3 Å². The Balaban J connectivity index is 1.28. The number of benzene rings is 7. The first-order valence-corrected chi connectivity index (χ1v) is 28.8. The molecule has 0 radical (unpaired) electrons. The van der Waals surface area contributed by atoms with Crippen molar-refractivity contribution in [1.29, 1.82) is 0 Å². The molecule has 6 aromatic heterocycles. The van der Waals surface area contributed by atoms with E-state index in [4.69, 9.17) is 0 Å². The summed E-state index contributed by atoms with van der Waals surface area (Å²) in [5.74, 6) is -0.474. The molecule has 0 saturated heterocycles. The predicted octanol–water partition coefficient (Wildman–Crippen LogP) is 10.4. The highest BCUT2D eigenvalue weighted by molar-refractivity contribution is 6.48. The summed E-state index contributed by atoms with van der Waals surface area (Å²) in [6.45, 7) is 16.1. The van der Waals surface area contributed by atoms with E-state index in [0.29, 0.717) is 80.1 Å². The number of fused-ring (bicyclic) bond motifs is 6. The summed E-state index contributed by atoms with van der Waals surface area (Å²) in [5.41, 5.74) is -0.165. The van der Waals surface area contributed by atoms with Crippen molar-refractivity contribution in [2.24, 2.45) is 0 Å². The molecule has 2 fully saturated rings. The average Bonchev–Trinajstić information content (AvgIpc) is 1.19. The minimum Gasteiger partial charge on any atom is -0.268 e. The molecule has 0 amide bonds. The summed E-state index contributed by atoms with van der Waals surface area (Å²) in [5, 5.41) is 3.46. The first kappa shape index (κ1) is 48.7. The quantitative estimate of drug-likeness (QED) is 0.107.